The molecule has 0 heterocycles. The molecule has 0 aromatic carbocycles. The summed E-state index contributed by atoms with van der Waals surface area (Å²) in [5, 5.41) is 0. The van der Waals surface area contributed by atoms with Crippen LogP contribution in [-0.2, 0) is 28.6 Å². The molecule has 0 N–H and O–H groups in total. The normalized spacial score (nSPS) is 13.1. The van der Waals surface area contributed by atoms with Crippen LogP contribution in [0.15, 0.2) is 134 Å². The molecule has 0 aromatic rings. The second-order valence-electron chi connectivity index (χ2n) is 17.7. The van der Waals surface area contributed by atoms with Gasteiger partial charge in [0, 0.05) is 19.3 Å². The van der Waals surface area contributed by atoms with Gasteiger partial charge in [0.2, 0.25) is 0 Å². The average molecular weight is 953 g/mol. The fraction of sp³-hybridized carbons (Fsp3) is 0.603. The molecule has 0 fully saturated rings. The predicted octanol–water partition coefficient (Wildman–Crippen LogP) is 18.6. The van der Waals surface area contributed by atoms with E-state index in [4.69, 9.17) is 14.2 Å². The minimum Gasteiger partial charge on any atom is -0.462 e. The van der Waals surface area contributed by atoms with Gasteiger partial charge in [0.05, 0.1) is 0 Å². The lowest BCUT2D eigenvalue weighted by Gasteiger charge is -2.18. The number of ether oxygens (including phenoxy) is 3. The second-order valence-corrected chi connectivity index (χ2v) is 17.7. The molecule has 0 aliphatic rings. The van der Waals surface area contributed by atoms with Crippen molar-refractivity contribution >= 4 is 17.9 Å². The van der Waals surface area contributed by atoms with Crippen LogP contribution in [0.5, 0.6) is 0 Å². The number of carbonyl (C=O) groups is 3. The van der Waals surface area contributed by atoms with Crippen LogP contribution in [-0.4, -0.2) is 37.2 Å². The van der Waals surface area contributed by atoms with Crippen molar-refractivity contribution in [1.82, 2.24) is 0 Å². The Balaban J connectivity index is 4.56. The molecular formula is C63H100O6. The third-order valence-electron chi connectivity index (χ3n) is 11.1. The quantitative estimate of drug-likeness (QED) is 0.0262. The first kappa shape index (κ1) is 64.5. The van der Waals surface area contributed by atoms with E-state index < -0.39 is 6.10 Å². The first-order valence-electron chi connectivity index (χ1n) is 27.7. The van der Waals surface area contributed by atoms with Gasteiger partial charge in [0.15, 0.2) is 6.10 Å². The number of hydrogen-bond acceptors (Lipinski definition) is 6. The highest BCUT2D eigenvalue weighted by atomic mass is 16.6. The van der Waals surface area contributed by atoms with Crippen molar-refractivity contribution in [3.63, 3.8) is 0 Å². The summed E-state index contributed by atoms with van der Waals surface area (Å²) in [6, 6.07) is 0. The van der Waals surface area contributed by atoms with Crippen molar-refractivity contribution in [3.05, 3.63) is 134 Å². The zero-order chi connectivity index (χ0) is 50.0. The third-order valence-corrected chi connectivity index (χ3v) is 11.1. The smallest absolute Gasteiger partial charge is 0.306 e. The van der Waals surface area contributed by atoms with E-state index in [1.54, 1.807) is 0 Å². The largest absolute Gasteiger partial charge is 0.462 e. The highest BCUT2D eigenvalue weighted by Crippen LogP contribution is 2.13. The van der Waals surface area contributed by atoms with Gasteiger partial charge in [0.25, 0.3) is 0 Å². The summed E-state index contributed by atoms with van der Waals surface area (Å²) in [7, 11) is 0. The highest BCUT2D eigenvalue weighted by molar-refractivity contribution is 5.71. The molecule has 0 aliphatic heterocycles. The maximum absolute atomic E-state index is 12.8. The van der Waals surface area contributed by atoms with Gasteiger partial charge in [-0.2, -0.15) is 0 Å². The summed E-state index contributed by atoms with van der Waals surface area (Å²) in [5.74, 6) is -1.02. The van der Waals surface area contributed by atoms with Gasteiger partial charge < -0.3 is 14.2 Å². The molecule has 0 aliphatic carbocycles. The Hall–Kier alpha value is -4.45. The zero-order valence-electron chi connectivity index (χ0n) is 44.3. The van der Waals surface area contributed by atoms with Crippen LogP contribution in [0.1, 0.15) is 226 Å². The Kier molecular flexibility index (Phi) is 52.5. The van der Waals surface area contributed by atoms with E-state index in [1.807, 2.05) is 0 Å². The van der Waals surface area contributed by atoms with Crippen molar-refractivity contribution in [3.8, 4) is 0 Å². The van der Waals surface area contributed by atoms with E-state index in [-0.39, 0.29) is 37.5 Å². The van der Waals surface area contributed by atoms with Crippen molar-refractivity contribution in [2.45, 2.75) is 232 Å². The Labute approximate surface area is 424 Å². The van der Waals surface area contributed by atoms with Crippen LogP contribution in [0.3, 0.4) is 0 Å². The maximum atomic E-state index is 12.8. The molecule has 0 radical (unpaired) electrons. The molecule has 6 nitrogen and oxygen atoms in total. The SMILES string of the molecule is CC/C=C\C/C=C\C/C=C\C/C=C\C/C=C\CCCCCC(=O)OC[C@H](COC(=O)CCC/C=C\C/C=C\C/C=C\C/C=C\C/C=C\CC)OC(=O)CCCCCCCCC/C=C\CCCCCC. The molecule has 0 amide bonds. The molecule has 0 saturated carbocycles. The summed E-state index contributed by atoms with van der Waals surface area (Å²) in [6.45, 7) is 6.31. The Morgan fingerprint density at radius 2 is 0.580 bits per heavy atom. The molecule has 0 unspecified atom stereocenters. The zero-order valence-corrected chi connectivity index (χ0v) is 44.3. The number of unbranched alkanes of at least 4 members (excludes halogenated alkanes) is 15. The van der Waals surface area contributed by atoms with Crippen LogP contribution in [0.2, 0.25) is 0 Å². The Morgan fingerprint density at radius 1 is 0.304 bits per heavy atom. The van der Waals surface area contributed by atoms with E-state index in [2.05, 4.69) is 154 Å². The number of esters is 3. The van der Waals surface area contributed by atoms with Gasteiger partial charge >= 0.3 is 17.9 Å². The monoisotopic (exact) mass is 953 g/mol. The topological polar surface area (TPSA) is 78.9 Å². The van der Waals surface area contributed by atoms with Crippen LogP contribution < -0.4 is 0 Å². The predicted molar refractivity (Wildman–Crippen MR) is 297 cm³/mol. The molecule has 0 saturated heterocycles. The summed E-state index contributed by atoms with van der Waals surface area (Å²) < 4.78 is 16.8. The van der Waals surface area contributed by atoms with Crippen LogP contribution >= 0.6 is 0 Å². The molecule has 1 atom stereocenters. The average Bonchev–Trinajstić information content (AvgIpc) is 3.35. The summed E-state index contributed by atoms with van der Waals surface area (Å²) in [6.07, 6.45) is 78.7. The summed E-state index contributed by atoms with van der Waals surface area (Å²) in [4.78, 5) is 38.1. The van der Waals surface area contributed by atoms with Crippen molar-refractivity contribution < 1.29 is 28.6 Å². The van der Waals surface area contributed by atoms with E-state index in [1.165, 1.54) is 64.2 Å². The lowest BCUT2D eigenvalue weighted by molar-refractivity contribution is -0.167. The van der Waals surface area contributed by atoms with Gasteiger partial charge in [-0.05, 0) is 128 Å². The van der Waals surface area contributed by atoms with Crippen molar-refractivity contribution in [2.75, 3.05) is 13.2 Å². The van der Waals surface area contributed by atoms with E-state index in [0.29, 0.717) is 19.3 Å². The fourth-order valence-electron chi connectivity index (χ4n) is 7.03. The molecule has 0 bridgehead atoms. The lowest BCUT2D eigenvalue weighted by Crippen LogP contribution is -2.30. The third kappa shape index (κ3) is 54.4. The van der Waals surface area contributed by atoms with Gasteiger partial charge in [-0.25, -0.2) is 0 Å². The van der Waals surface area contributed by atoms with Crippen molar-refractivity contribution in [1.29, 1.82) is 0 Å². The second kappa shape index (κ2) is 56.1. The van der Waals surface area contributed by atoms with E-state index in [0.717, 1.165) is 116 Å². The minimum absolute atomic E-state index is 0.119. The lowest BCUT2D eigenvalue weighted by atomic mass is 10.1. The fourth-order valence-corrected chi connectivity index (χ4v) is 7.03. The van der Waals surface area contributed by atoms with Gasteiger partial charge in [-0.3, -0.25) is 14.4 Å². The Morgan fingerprint density at radius 3 is 0.971 bits per heavy atom. The van der Waals surface area contributed by atoms with Gasteiger partial charge in [0.1, 0.15) is 13.2 Å². The molecule has 69 heavy (non-hydrogen) atoms. The van der Waals surface area contributed by atoms with Gasteiger partial charge in [-0.1, -0.05) is 212 Å². The summed E-state index contributed by atoms with van der Waals surface area (Å²) >= 11 is 0. The van der Waals surface area contributed by atoms with Crippen LogP contribution in [0.25, 0.3) is 0 Å². The Bertz CT molecular complexity index is 1510. The van der Waals surface area contributed by atoms with E-state index in [9.17, 15) is 14.4 Å². The molecule has 0 rings (SSSR count). The van der Waals surface area contributed by atoms with Gasteiger partial charge in [-0.15, -0.1) is 0 Å². The number of allylic oxidation sites excluding steroid dienone is 22. The van der Waals surface area contributed by atoms with Crippen LogP contribution in [0, 0.1) is 0 Å². The first-order chi connectivity index (χ1) is 34.0. The molecule has 0 aromatic heterocycles. The summed E-state index contributed by atoms with van der Waals surface area (Å²) in [5.41, 5.74) is 0. The van der Waals surface area contributed by atoms with Crippen molar-refractivity contribution in [2.24, 2.45) is 0 Å². The standard InChI is InChI=1S/C63H100O6/c1-4-7-10-13-16-19-22-25-28-30-31-33-36-38-41-44-47-50-53-56-62(65)68-59-60(69-63(66)57-54-51-48-45-42-39-34-27-24-21-18-15-12-9-6-3)58-67-61(64)55-52-49-46-43-40-37-35-32-29-26-23-20-17-14-11-8-5-2/h7-8,10-11,16-17,19-21,24-26,28-29,31,33,35,37-38,41,43,46,60H,4-6,9,12-15,18,22-23,27,30,32,34,36,39-40,42,44-45,47-59H2,1-3H3/b10-7-,11-8-,19-16-,20-17-,24-21-,28-25-,29-26-,33-31-,37-35-,41-38-,46-43-/t60-/m0/s1. The molecule has 388 valence electrons. The molecule has 6 heteroatoms. The highest BCUT2D eigenvalue weighted by Gasteiger charge is 2.19. The minimum atomic E-state index is -0.822. The first-order valence-corrected chi connectivity index (χ1v) is 27.7. The van der Waals surface area contributed by atoms with E-state index >= 15 is 0 Å². The maximum Gasteiger partial charge on any atom is 0.306 e. The molecule has 0 spiro atoms. The molecular weight excluding hydrogens is 853 g/mol. The number of carbonyl (C=O) groups excluding carboxylic acids is 3. The number of rotatable bonds is 48. The number of hydrogen-bond donors (Lipinski definition) is 0. The van der Waals surface area contributed by atoms with Crippen LogP contribution in [0.4, 0.5) is 0 Å².